The Morgan fingerprint density at radius 1 is 1.03 bits per heavy atom. The minimum absolute atomic E-state index is 0.118. The Bertz CT molecular complexity index is 1130. The summed E-state index contributed by atoms with van der Waals surface area (Å²) in [5.74, 6) is -0.665. The minimum Gasteiger partial charge on any atom is -0.448 e. The fraction of sp³-hybridized carbons (Fsp3) is 0.310. The van der Waals surface area contributed by atoms with Crippen molar-refractivity contribution in [1.29, 1.82) is 0 Å². The standard InChI is InChI=1S/C29H32FN3O4/c30-26-12-7-13-27(24(26)15-14-23-17-32-22(18-36-23)19-37-29(31)35)33-28(34)16-25(20-8-3-1-4-9-20)21-10-5-2-6-11-21/h1-13,22-23,25,32H,14-19H2,(H2,31,35)(H,33,34)/t22-,23+/m0/s1. The molecule has 2 amide bonds. The molecule has 0 aromatic heterocycles. The van der Waals surface area contributed by atoms with Crippen LogP contribution in [-0.2, 0) is 20.7 Å². The zero-order valence-corrected chi connectivity index (χ0v) is 20.6. The molecule has 8 heteroatoms. The molecule has 1 heterocycles. The largest absolute Gasteiger partial charge is 0.448 e. The van der Waals surface area contributed by atoms with Gasteiger partial charge in [0.05, 0.1) is 18.8 Å². The predicted molar refractivity (Wildman–Crippen MR) is 140 cm³/mol. The number of halogens is 1. The smallest absolute Gasteiger partial charge is 0.404 e. The molecular weight excluding hydrogens is 473 g/mol. The van der Waals surface area contributed by atoms with E-state index in [9.17, 15) is 14.0 Å². The summed E-state index contributed by atoms with van der Waals surface area (Å²) in [4.78, 5) is 23.9. The van der Waals surface area contributed by atoms with Gasteiger partial charge in [-0.2, -0.15) is 0 Å². The average Bonchev–Trinajstić information content (AvgIpc) is 2.92. The maximum absolute atomic E-state index is 14.8. The van der Waals surface area contributed by atoms with Gasteiger partial charge in [-0.05, 0) is 36.1 Å². The van der Waals surface area contributed by atoms with E-state index in [2.05, 4.69) is 10.6 Å². The van der Waals surface area contributed by atoms with Gasteiger partial charge >= 0.3 is 6.09 Å². The van der Waals surface area contributed by atoms with Crippen molar-refractivity contribution in [2.75, 3.05) is 25.1 Å². The number of primary amides is 1. The molecule has 0 aliphatic carbocycles. The van der Waals surface area contributed by atoms with Crippen LogP contribution < -0.4 is 16.4 Å². The van der Waals surface area contributed by atoms with Crippen molar-refractivity contribution in [2.24, 2.45) is 5.73 Å². The van der Waals surface area contributed by atoms with Gasteiger partial charge in [-0.3, -0.25) is 4.79 Å². The quantitative estimate of drug-likeness (QED) is 0.380. The van der Waals surface area contributed by atoms with Gasteiger partial charge in [0, 0.05) is 30.1 Å². The molecule has 4 rings (SSSR count). The Morgan fingerprint density at radius 2 is 1.70 bits per heavy atom. The third kappa shape index (κ3) is 7.62. The number of amides is 2. The normalized spacial score (nSPS) is 17.4. The van der Waals surface area contributed by atoms with E-state index in [0.717, 1.165) is 11.1 Å². The highest BCUT2D eigenvalue weighted by atomic mass is 19.1. The van der Waals surface area contributed by atoms with E-state index >= 15 is 0 Å². The lowest BCUT2D eigenvalue weighted by Gasteiger charge is -2.30. The zero-order chi connectivity index (χ0) is 26.0. The van der Waals surface area contributed by atoms with Gasteiger partial charge in [-0.25, -0.2) is 9.18 Å². The molecule has 0 unspecified atom stereocenters. The highest BCUT2D eigenvalue weighted by molar-refractivity contribution is 5.92. The van der Waals surface area contributed by atoms with E-state index in [-0.39, 0.29) is 42.8 Å². The van der Waals surface area contributed by atoms with Crippen molar-refractivity contribution in [2.45, 2.75) is 37.3 Å². The summed E-state index contributed by atoms with van der Waals surface area (Å²) in [6.07, 6.45) is 0.244. The molecule has 3 aromatic rings. The molecule has 1 aliphatic heterocycles. The van der Waals surface area contributed by atoms with Crippen LogP contribution >= 0.6 is 0 Å². The molecule has 1 aliphatic rings. The van der Waals surface area contributed by atoms with E-state index in [4.69, 9.17) is 15.2 Å². The number of anilines is 1. The van der Waals surface area contributed by atoms with E-state index < -0.39 is 6.09 Å². The number of ether oxygens (including phenoxy) is 2. The number of carbonyl (C=O) groups excluding carboxylic acids is 2. The molecule has 0 radical (unpaired) electrons. The minimum atomic E-state index is -0.822. The monoisotopic (exact) mass is 505 g/mol. The highest BCUT2D eigenvalue weighted by Gasteiger charge is 2.23. The van der Waals surface area contributed by atoms with E-state index in [1.54, 1.807) is 12.1 Å². The maximum atomic E-state index is 14.8. The summed E-state index contributed by atoms with van der Waals surface area (Å²) in [6, 6.07) is 24.4. The van der Waals surface area contributed by atoms with E-state index in [1.165, 1.54) is 6.07 Å². The van der Waals surface area contributed by atoms with Crippen LogP contribution in [0.5, 0.6) is 0 Å². The highest BCUT2D eigenvalue weighted by Crippen LogP contribution is 2.29. The van der Waals surface area contributed by atoms with Crippen molar-refractivity contribution < 1.29 is 23.5 Å². The van der Waals surface area contributed by atoms with Crippen molar-refractivity contribution in [3.63, 3.8) is 0 Å². The van der Waals surface area contributed by atoms with Gasteiger partial charge in [0.15, 0.2) is 0 Å². The Morgan fingerprint density at radius 3 is 2.30 bits per heavy atom. The van der Waals surface area contributed by atoms with Crippen LogP contribution in [0, 0.1) is 5.82 Å². The summed E-state index contributed by atoms with van der Waals surface area (Å²) in [6.45, 7) is 1.04. The van der Waals surface area contributed by atoms with Crippen LogP contribution in [0.3, 0.4) is 0 Å². The SMILES string of the molecule is NC(=O)OC[C@@H]1CO[C@H](CCc2c(F)cccc2NC(=O)CC(c2ccccc2)c2ccccc2)CN1. The zero-order valence-electron chi connectivity index (χ0n) is 20.6. The van der Waals surface area contributed by atoms with Crippen LogP contribution in [0.1, 0.15) is 35.4 Å². The first-order valence-corrected chi connectivity index (χ1v) is 12.4. The number of benzene rings is 3. The van der Waals surface area contributed by atoms with Gasteiger partial charge in [-0.15, -0.1) is 0 Å². The number of carbonyl (C=O) groups is 2. The lowest BCUT2D eigenvalue weighted by atomic mass is 9.88. The number of hydrogen-bond acceptors (Lipinski definition) is 5. The molecule has 2 atom stereocenters. The summed E-state index contributed by atoms with van der Waals surface area (Å²) in [5.41, 5.74) is 8.02. The number of rotatable bonds is 10. The molecule has 194 valence electrons. The maximum Gasteiger partial charge on any atom is 0.404 e. The van der Waals surface area contributed by atoms with Gasteiger partial charge in [0.25, 0.3) is 0 Å². The topological polar surface area (TPSA) is 103 Å². The van der Waals surface area contributed by atoms with E-state index in [0.29, 0.717) is 37.2 Å². The second-order valence-electron chi connectivity index (χ2n) is 9.12. The molecule has 3 aromatic carbocycles. The average molecular weight is 506 g/mol. The van der Waals surface area contributed by atoms with Crippen LogP contribution in [0.4, 0.5) is 14.9 Å². The molecule has 0 bridgehead atoms. The molecule has 37 heavy (non-hydrogen) atoms. The lowest BCUT2D eigenvalue weighted by Crippen LogP contribution is -2.49. The fourth-order valence-corrected chi connectivity index (χ4v) is 4.56. The molecule has 7 nitrogen and oxygen atoms in total. The first kappa shape index (κ1) is 26.3. The van der Waals surface area contributed by atoms with E-state index in [1.807, 2.05) is 60.7 Å². The molecule has 0 saturated carbocycles. The second kappa shape index (κ2) is 13.0. The fourth-order valence-electron chi connectivity index (χ4n) is 4.56. The Hall–Kier alpha value is -3.75. The third-order valence-corrected chi connectivity index (χ3v) is 6.50. The van der Waals surface area contributed by atoms with Crippen LogP contribution in [-0.4, -0.2) is 43.9 Å². The number of morpholine rings is 1. The first-order chi connectivity index (χ1) is 18.0. The predicted octanol–water partition coefficient (Wildman–Crippen LogP) is 4.37. The van der Waals surface area contributed by atoms with Crippen molar-refractivity contribution in [1.82, 2.24) is 5.32 Å². The van der Waals surface area contributed by atoms with Crippen molar-refractivity contribution in [3.05, 3.63) is 101 Å². The van der Waals surface area contributed by atoms with Gasteiger partial charge in [0.2, 0.25) is 5.91 Å². The number of nitrogens with one attached hydrogen (secondary N) is 2. The van der Waals surface area contributed by atoms with Gasteiger partial charge in [-0.1, -0.05) is 66.7 Å². The molecule has 1 fully saturated rings. The summed E-state index contributed by atoms with van der Waals surface area (Å²) >= 11 is 0. The summed E-state index contributed by atoms with van der Waals surface area (Å²) in [5, 5.41) is 6.20. The van der Waals surface area contributed by atoms with Crippen molar-refractivity contribution >= 4 is 17.7 Å². The Balaban J connectivity index is 1.38. The van der Waals surface area contributed by atoms with Crippen molar-refractivity contribution in [3.8, 4) is 0 Å². The van der Waals surface area contributed by atoms with Crippen LogP contribution in [0.15, 0.2) is 78.9 Å². The molecule has 4 N–H and O–H groups in total. The molecule has 0 spiro atoms. The van der Waals surface area contributed by atoms with Gasteiger partial charge < -0.3 is 25.8 Å². The second-order valence-corrected chi connectivity index (χ2v) is 9.12. The van der Waals surface area contributed by atoms with Gasteiger partial charge in [0.1, 0.15) is 12.4 Å². The molecule has 1 saturated heterocycles. The first-order valence-electron chi connectivity index (χ1n) is 12.4. The number of hydrogen-bond donors (Lipinski definition) is 3. The Labute approximate surface area is 216 Å². The van der Waals surface area contributed by atoms with Crippen LogP contribution in [0.2, 0.25) is 0 Å². The number of nitrogens with two attached hydrogens (primary N) is 1. The third-order valence-electron chi connectivity index (χ3n) is 6.50. The Kier molecular flexibility index (Phi) is 9.24. The summed E-state index contributed by atoms with van der Waals surface area (Å²) < 4.78 is 25.5. The molecular formula is C29H32FN3O4. The summed E-state index contributed by atoms with van der Waals surface area (Å²) in [7, 11) is 0. The lowest BCUT2D eigenvalue weighted by molar-refractivity contribution is -0.116. The van der Waals surface area contributed by atoms with Crippen LogP contribution in [0.25, 0.3) is 0 Å².